The first kappa shape index (κ1) is 16.2. The van der Waals surface area contributed by atoms with Crippen LogP contribution in [0.2, 0.25) is 0 Å². The van der Waals surface area contributed by atoms with Gasteiger partial charge >= 0.3 is 13.1 Å². The minimum absolute atomic E-state index is 0.260. The van der Waals surface area contributed by atoms with Gasteiger partial charge in [0.2, 0.25) is 0 Å². The highest BCUT2D eigenvalue weighted by Crippen LogP contribution is 2.38. The van der Waals surface area contributed by atoms with Crippen molar-refractivity contribution in [1.82, 2.24) is 0 Å². The molecule has 1 heterocycles. The monoisotopic (exact) mass is 270 g/mol. The molecular weight excluding hydrogens is 247 g/mol. The number of esters is 1. The van der Waals surface area contributed by atoms with Gasteiger partial charge in [-0.3, -0.25) is 0 Å². The molecule has 0 aromatic heterocycles. The second-order valence-corrected chi connectivity index (χ2v) is 5.49. The van der Waals surface area contributed by atoms with E-state index in [4.69, 9.17) is 18.8 Å². The predicted octanol–water partition coefficient (Wildman–Crippen LogP) is 1.75. The van der Waals surface area contributed by atoms with Crippen molar-refractivity contribution in [3.63, 3.8) is 0 Å². The van der Waals surface area contributed by atoms with Crippen molar-refractivity contribution in [2.24, 2.45) is 0 Å². The van der Waals surface area contributed by atoms with Crippen LogP contribution in [0.1, 0.15) is 34.6 Å². The topological polar surface area (TPSA) is 54.0 Å². The Morgan fingerprint density at radius 3 is 2.16 bits per heavy atom. The Kier molecular flexibility index (Phi) is 5.18. The number of methoxy groups -OCH3 is 1. The summed E-state index contributed by atoms with van der Waals surface area (Å²) in [5, 5.41) is 0. The van der Waals surface area contributed by atoms with E-state index >= 15 is 0 Å². The summed E-state index contributed by atoms with van der Waals surface area (Å²) in [5.74, 6) is -0.413. The molecule has 0 bridgehead atoms. The van der Waals surface area contributed by atoms with Crippen LogP contribution in [0.5, 0.6) is 0 Å². The Hall–Kier alpha value is -0.845. The van der Waals surface area contributed by atoms with Crippen LogP contribution in [0.25, 0.3) is 0 Å². The lowest BCUT2D eigenvalue weighted by Crippen LogP contribution is -2.41. The molecule has 0 amide bonds. The molecular formula is C13H23BO5. The van der Waals surface area contributed by atoms with E-state index in [1.807, 2.05) is 27.7 Å². The van der Waals surface area contributed by atoms with E-state index in [9.17, 15) is 4.79 Å². The van der Waals surface area contributed by atoms with Crippen LogP contribution < -0.4 is 0 Å². The summed E-state index contributed by atoms with van der Waals surface area (Å²) >= 11 is 0. The normalized spacial score (nSPS) is 21.6. The lowest BCUT2D eigenvalue weighted by Gasteiger charge is -2.32. The van der Waals surface area contributed by atoms with Crippen molar-refractivity contribution in [3.8, 4) is 0 Å². The van der Waals surface area contributed by atoms with Gasteiger partial charge in [0.1, 0.15) is 0 Å². The van der Waals surface area contributed by atoms with Gasteiger partial charge in [-0.15, -0.1) is 0 Å². The molecule has 108 valence electrons. The molecule has 0 aliphatic carbocycles. The van der Waals surface area contributed by atoms with Gasteiger partial charge in [0.15, 0.2) is 0 Å². The molecule has 0 unspecified atom stereocenters. The number of ether oxygens (including phenoxy) is 2. The first-order valence-electron chi connectivity index (χ1n) is 6.45. The minimum Gasteiger partial charge on any atom is -0.463 e. The summed E-state index contributed by atoms with van der Waals surface area (Å²) < 4.78 is 21.8. The molecule has 1 aliphatic heterocycles. The minimum atomic E-state index is -0.589. The van der Waals surface area contributed by atoms with Crippen LogP contribution in [0, 0.1) is 0 Å². The highest BCUT2D eigenvalue weighted by atomic mass is 16.7. The van der Waals surface area contributed by atoms with Crippen LogP contribution in [0.4, 0.5) is 0 Å². The van der Waals surface area contributed by atoms with Gasteiger partial charge in [0, 0.05) is 13.2 Å². The summed E-state index contributed by atoms with van der Waals surface area (Å²) in [5.41, 5.74) is -0.266. The van der Waals surface area contributed by atoms with Gasteiger partial charge < -0.3 is 18.8 Å². The quantitative estimate of drug-likeness (QED) is 0.433. The van der Waals surface area contributed by atoms with Gasteiger partial charge in [-0.1, -0.05) is 0 Å². The van der Waals surface area contributed by atoms with E-state index in [0.29, 0.717) is 12.1 Å². The molecule has 0 atom stereocenters. The van der Waals surface area contributed by atoms with Crippen molar-refractivity contribution in [2.75, 3.05) is 20.3 Å². The third-order valence-electron chi connectivity index (χ3n) is 3.46. The van der Waals surface area contributed by atoms with E-state index in [2.05, 4.69) is 0 Å². The zero-order valence-electron chi connectivity index (χ0n) is 12.6. The summed E-state index contributed by atoms with van der Waals surface area (Å²) in [4.78, 5) is 11.5. The van der Waals surface area contributed by atoms with Crippen LogP contribution in [-0.2, 0) is 23.6 Å². The van der Waals surface area contributed by atoms with Gasteiger partial charge in [-0.25, -0.2) is 4.79 Å². The van der Waals surface area contributed by atoms with E-state index < -0.39 is 24.3 Å². The zero-order valence-corrected chi connectivity index (χ0v) is 12.6. The van der Waals surface area contributed by atoms with Crippen molar-refractivity contribution >= 4 is 13.1 Å². The molecule has 0 N–H and O–H groups in total. The average molecular weight is 270 g/mol. The highest BCUT2D eigenvalue weighted by Gasteiger charge is 2.52. The molecule has 1 aliphatic rings. The molecule has 1 saturated heterocycles. The molecule has 0 saturated carbocycles. The maximum Gasteiger partial charge on any atom is 0.493 e. The predicted molar refractivity (Wildman–Crippen MR) is 72.7 cm³/mol. The first-order chi connectivity index (χ1) is 8.73. The molecule has 0 aromatic carbocycles. The fourth-order valence-electron chi connectivity index (χ4n) is 1.67. The smallest absolute Gasteiger partial charge is 0.463 e. The Balaban J connectivity index is 2.88. The summed E-state index contributed by atoms with van der Waals surface area (Å²) in [7, 11) is 0.971. The van der Waals surface area contributed by atoms with Crippen molar-refractivity contribution in [2.45, 2.75) is 45.8 Å². The van der Waals surface area contributed by atoms with Crippen LogP contribution >= 0.6 is 0 Å². The molecule has 1 rings (SSSR count). The second-order valence-electron chi connectivity index (χ2n) is 5.49. The van der Waals surface area contributed by atoms with Gasteiger partial charge in [-0.2, -0.15) is 0 Å². The lowest BCUT2D eigenvalue weighted by atomic mass is 9.78. The molecule has 0 aromatic rings. The Morgan fingerprint density at radius 1 is 1.21 bits per heavy atom. The van der Waals surface area contributed by atoms with Gasteiger partial charge in [0.25, 0.3) is 0 Å². The molecule has 1 fully saturated rings. The first-order valence-corrected chi connectivity index (χ1v) is 6.45. The number of carbonyl (C=O) groups excluding carboxylic acids is 1. The number of hydrogen-bond acceptors (Lipinski definition) is 5. The summed E-state index contributed by atoms with van der Waals surface area (Å²) in [6.45, 7) is 10.2. The average Bonchev–Trinajstić information content (AvgIpc) is 2.48. The van der Waals surface area contributed by atoms with E-state index in [1.54, 1.807) is 14.0 Å². The van der Waals surface area contributed by atoms with Crippen LogP contribution in [0.3, 0.4) is 0 Å². The molecule has 0 radical (unpaired) electrons. The molecule has 0 spiro atoms. The Labute approximate surface area is 115 Å². The molecule has 5 nitrogen and oxygen atoms in total. The third kappa shape index (κ3) is 3.81. The molecule has 19 heavy (non-hydrogen) atoms. The van der Waals surface area contributed by atoms with E-state index in [-0.39, 0.29) is 6.61 Å². The number of hydrogen-bond donors (Lipinski definition) is 0. The Bertz CT molecular complexity index is 346. The SMILES string of the molecule is CCOC(=O)/C=C(/COC)B1OC(C)(C)C(C)(C)O1. The standard InChI is InChI=1S/C13H23BO5/c1-7-17-11(15)8-10(9-16-6)14-18-12(2,3)13(4,5)19-14/h8H,7,9H2,1-6H3/b10-8-. The summed E-state index contributed by atoms with van der Waals surface area (Å²) in [6.07, 6.45) is 1.38. The summed E-state index contributed by atoms with van der Waals surface area (Å²) in [6, 6.07) is 0. The lowest BCUT2D eigenvalue weighted by molar-refractivity contribution is -0.137. The van der Waals surface area contributed by atoms with Crippen molar-refractivity contribution in [3.05, 3.63) is 11.5 Å². The van der Waals surface area contributed by atoms with E-state index in [1.165, 1.54) is 6.08 Å². The Morgan fingerprint density at radius 2 is 1.74 bits per heavy atom. The van der Waals surface area contributed by atoms with Crippen molar-refractivity contribution < 1.29 is 23.6 Å². The number of carbonyl (C=O) groups is 1. The second kappa shape index (κ2) is 6.07. The fourth-order valence-corrected chi connectivity index (χ4v) is 1.67. The third-order valence-corrected chi connectivity index (χ3v) is 3.46. The van der Waals surface area contributed by atoms with Gasteiger partial charge in [-0.05, 0) is 40.1 Å². The van der Waals surface area contributed by atoms with Crippen molar-refractivity contribution in [1.29, 1.82) is 0 Å². The van der Waals surface area contributed by atoms with E-state index in [0.717, 1.165) is 0 Å². The van der Waals surface area contributed by atoms with Crippen LogP contribution in [-0.4, -0.2) is 44.6 Å². The van der Waals surface area contributed by atoms with Crippen LogP contribution in [0.15, 0.2) is 11.5 Å². The maximum absolute atomic E-state index is 11.5. The fraction of sp³-hybridized carbons (Fsp3) is 0.769. The zero-order chi connectivity index (χ0) is 14.7. The highest BCUT2D eigenvalue weighted by molar-refractivity contribution is 6.55. The largest absolute Gasteiger partial charge is 0.493 e. The van der Waals surface area contributed by atoms with Gasteiger partial charge in [0.05, 0.1) is 24.4 Å². The molecule has 6 heteroatoms. The number of rotatable bonds is 5. The maximum atomic E-state index is 11.5.